The first-order valence-electron chi connectivity index (χ1n) is 13.0. The van der Waals surface area contributed by atoms with Gasteiger partial charge in [0.1, 0.15) is 0 Å². The fourth-order valence-electron chi connectivity index (χ4n) is 4.92. The summed E-state index contributed by atoms with van der Waals surface area (Å²) in [6.45, 7) is 1.09. The molecule has 40 heavy (non-hydrogen) atoms. The van der Waals surface area contributed by atoms with Gasteiger partial charge in [0.2, 0.25) is 0 Å². The number of fused-ring (bicyclic) bond motifs is 1. The van der Waals surface area contributed by atoms with Gasteiger partial charge >= 0.3 is 5.97 Å². The maximum atomic E-state index is 12.0. The maximum absolute atomic E-state index is 12.0. The smallest absolute Gasteiger partial charge is 0.336 e. The van der Waals surface area contributed by atoms with Crippen LogP contribution in [0.15, 0.2) is 66.7 Å². The van der Waals surface area contributed by atoms with E-state index in [2.05, 4.69) is 0 Å². The Morgan fingerprint density at radius 1 is 1.00 bits per heavy atom. The molecule has 1 aromatic heterocycles. The van der Waals surface area contributed by atoms with Gasteiger partial charge in [-0.1, -0.05) is 48.0 Å². The standard InChI is InChI=1S/C32H30ClNO6/c1-37-29-18-23(27(31(35)36)20-30(29)38-2)13-14-32(39-15-4-16-40-32)24-6-3-5-21(17-24)7-11-26-12-9-22-8-10-25(33)19-28(22)34-26/h3,5-12,17-20H,4,13-16H2,1-2H3,(H,35,36)/b11-7+. The van der Waals surface area contributed by atoms with Gasteiger partial charge in [-0.3, -0.25) is 0 Å². The number of benzene rings is 3. The van der Waals surface area contributed by atoms with Crippen molar-refractivity contribution in [3.05, 3.63) is 99.7 Å². The molecule has 1 saturated heterocycles. The first-order chi connectivity index (χ1) is 19.4. The summed E-state index contributed by atoms with van der Waals surface area (Å²) in [6.07, 6.45) is 5.55. The van der Waals surface area contributed by atoms with Crippen molar-refractivity contribution >= 4 is 40.6 Å². The molecule has 1 fully saturated rings. The maximum Gasteiger partial charge on any atom is 0.336 e. The Labute approximate surface area is 237 Å². The Kier molecular flexibility index (Phi) is 8.35. The summed E-state index contributed by atoms with van der Waals surface area (Å²) in [5.41, 5.74) is 4.24. The van der Waals surface area contributed by atoms with Crippen LogP contribution >= 0.6 is 11.6 Å². The number of carboxylic acid groups (broad SMARTS) is 1. The zero-order valence-electron chi connectivity index (χ0n) is 22.4. The molecule has 8 heteroatoms. The molecule has 0 bridgehead atoms. The van der Waals surface area contributed by atoms with Gasteiger partial charge in [-0.2, -0.15) is 0 Å². The molecule has 0 unspecified atom stereocenters. The van der Waals surface area contributed by atoms with Gasteiger partial charge in [0.15, 0.2) is 17.3 Å². The number of hydrogen-bond donors (Lipinski definition) is 1. The highest BCUT2D eigenvalue weighted by Gasteiger charge is 2.37. The van der Waals surface area contributed by atoms with Crippen LogP contribution in [0, 0.1) is 0 Å². The zero-order valence-corrected chi connectivity index (χ0v) is 23.1. The van der Waals surface area contributed by atoms with E-state index in [1.54, 1.807) is 6.07 Å². The van der Waals surface area contributed by atoms with Crippen LogP contribution in [0.5, 0.6) is 11.5 Å². The summed E-state index contributed by atoms with van der Waals surface area (Å²) >= 11 is 6.14. The van der Waals surface area contributed by atoms with Crippen LogP contribution in [0.1, 0.15) is 45.6 Å². The molecule has 0 aliphatic carbocycles. The molecule has 0 radical (unpaired) electrons. The normalized spacial score (nSPS) is 14.9. The summed E-state index contributed by atoms with van der Waals surface area (Å²) in [5, 5.41) is 11.5. The summed E-state index contributed by atoms with van der Waals surface area (Å²) in [7, 11) is 3.01. The Balaban J connectivity index is 1.42. The molecular weight excluding hydrogens is 530 g/mol. The summed E-state index contributed by atoms with van der Waals surface area (Å²) in [6, 6.07) is 20.8. The van der Waals surface area contributed by atoms with Gasteiger partial charge in [-0.05, 0) is 66.4 Å². The number of aromatic nitrogens is 1. The Hall–Kier alpha value is -3.91. The molecule has 4 aromatic rings. The second-order valence-electron chi connectivity index (χ2n) is 9.50. The lowest BCUT2D eigenvalue weighted by Crippen LogP contribution is -2.38. The molecule has 3 aromatic carbocycles. The summed E-state index contributed by atoms with van der Waals surface area (Å²) in [4.78, 5) is 16.7. The number of pyridine rings is 1. The minimum absolute atomic E-state index is 0.157. The van der Waals surface area contributed by atoms with E-state index >= 15 is 0 Å². The van der Waals surface area contributed by atoms with E-state index in [0.717, 1.165) is 34.1 Å². The molecule has 1 N–H and O–H groups in total. The second kappa shape index (κ2) is 12.1. The number of ether oxygens (including phenoxy) is 4. The van der Waals surface area contributed by atoms with Crippen molar-refractivity contribution in [2.75, 3.05) is 27.4 Å². The van der Waals surface area contributed by atoms with E-state index in [1.165, 1.54) is 20.3 Å². The third-order valence-electron chi connectivity index (χ3n) is 6.97. The highest BCUT2D eigenvalue weighted by molar-refractivity contribution is 6.31. The number of aryl methyl sites for hydroxylation is 1. The Bertz CT molecular complexity index is 1560. The predicted octanol–water partition coefficient (Wildman–Crippen LogP) is 7.00. The minimum Gasteiger partial charge on any atom is -0.493 e. The monoisotopic (exact) mass is 559 g/mol. The van der Waals surface area contributed by atoms with Gasteiger partial charge in [0, 0.05) is 22.4 Å². The van der Waals surface area contributed by atoms with Crippen LogP contribution in [0.2, 0.25) is 5.02 Å². The molecule has 1 aliphatic heterocycles. The fourth-order valence-corrected chi connectivity index (χ4v) is 5.08. The van der Waals surface area contributed by atoms with Crippen LogP contribution < -0.4 is 9.47 Å². The molecule has 1 aliphatic rings. The first kappa shape index (κ1) is 27.6. The lowest BCUT2D eigenvalue weighted by molar-refractivity contribution is -0.279. The van der Waals surface area contributed by atoms with Gasteiger partial charge in [-0.15, -0.1) is 0 Å². The molecule has 0 atom stereocenters. The van der Waals surface area contributed by atoms with Crippen molar-refractivity contribution in [2.45, 2.75) is 25.0 Å². The number of halogens is 1. The van der Waals surface area contributed by atoms with Crippen LogP contribution in [-0.2, 0) is 21.7 Å². The van der Waals surface area contributed by atoms with Crippen LogP contribution in [0.4, 0.5) is 0 Å². The number of methoxy groups -OCH3 is 2. The number of carboxylic acids is 1. The molecular formula is C32H30ClNO6. The van der Waals surface area contributed by atoms with Crippen molar-refractivity contribution in [1.29, 1.82) is 0 Å². The van der Waals surface area contributed by atoms with Gasteiger partial charge in [0.25, 0.3) is 0 Å². The summed E-state index contributed by atoms with van der Waals surface area (Å²) in [5.74, 6) is -1.21. The Morgan fingerprint density at radius 3 is 2.50 bits per heavy atom. The SMILES string of the molecule is COc1cc(CCC2(c3cccc(/C=C/c4ccc5ccc(Cl)cc5n4)c3)OCCCO2)c(C(=O)O)cc1OC. The number of rotatable bonds is 9. The largest absolute Gasteiger partial charge is 0.493 e. The number of nitrogens with zero attached hydrogens (tertiary/aromatic N) is 1. The highest BCUT2D eigenvalue weighted by Crippen LogP contribution is 2.38. The van der Waals surface area contributed by atoms with E-state index < -0.39 is 11.8 Å². The van der Waals surface area contributed by atoms with Gasteiger partial charge in [-0.25, -0.2) is 9.78 Å². The number of hydrogen-bond acceptors (Lipinski definition) is 6. The zero-order chi connectivity index (χ0) is 28.1. The van der Waals surface area contributed by atoms with Crippen molar-refractivity contribution in [2.24, 2.45) is 0 Å². The van der Waals surface area contributed by atoms with Crippen LogP contribution in [0.25, 0.3) is 23.1 Å². The minimum atomic E-state index is -1.04. The Morgan fingerprint density at radius 2 is 1.75 bits per heavy atom. The third-order valence-corrected chi connectivity index (χ3v) is 7.21. The topological polar surface area (TPSA) is 87.1 Å². The molecule has 0 spiro atoms. The molecule has 0 amide bonds. The van der Waals surface area contributed by atoms with E-state index in [9.17, 15) is 9.90 Å². The van der Waals surface area contributed by atoms with Crippen molar-refractivity contribution < 1.29 is 28.8 Å². The van der Waals surface area contributed by atoms with Crippen molar-refractivity contribution in [3.63, 3.8) is 0 Å². The van der Waals surface area contributed by atoms with E-state index in [4.69, 9.17) is 35.5 Å². The summed E-state index contributed by atoms with van der Waals surface area (Å²) < 4.78 is 23.3. The lowest BCUT2D eigenvalue weighted by atomic mass is 9.93. The lowest BCUT2D eigenvalue weighted by Gasteiger charge is -2.38. The van der Waals surface area contributed by atoms with E-state index in [1.807, 2.05) is 66.7 Å². The van der Waals surface area contributed by atoms with Crippen LogP contribution in [-0.4, -0.2) is 43.5 Å². The fraction of sp³-hybridized carbons (Fsp3) is 0.250. The predicted molar refractivity (Wildman–Crippen MR) is 155 cm³/mol. The van der Waals surface area contributed by atoms with Crippen molar-refractivity contribution in [1.82, 2.24) is 4.98 Å². The van der Waals surface area contributed by atoms with Gasteiger partial charge in [0.05, 0.1) is 44.2 Å². The average Bonchev–Trinajstić information content (AvgIpc) is 2.98. The van der Waals surface area contributed by atoms with Crippen LogP contribution in [0.3, 0.4) is 0 Å². The highest BCUT2D eigenvalue weighted by atomic mass is 35.5. The first-order valence-corrected chi connectivity index (χ1v) is 13.4. The second-order valence-corrected chi connectivity index (χ2v) is 9.94. The third kappa shape index (κ3) is 5.97. The van der Waals surface area contributed by atoms with E-state index in [-0.39, 0.29) is 5.56 Å². The van der Waals surface area contributed by atoms with E-state index in [0.29, 0.717) is 48.1 Å². The molecule has 0 saturated carbocycles. The molecule has 2 heterocycles. The molecule has 7 nitrogen and oxygen atoms in total. The van der Waals surface area contributed by atoms with Gasteiger partial charge < -0.3 is 24.1 Å². The molecule has 206 valence electrons. The number of aromatic carboxylic acids is 1. The quantitative estimate of drug-likeness (QED) is 0.236. The van der Waals surface area contributed by atoms with Crippen molar-refractivity contribution in [3.8, 4) is 11.5 Å². The number of carbonyl (C=O) groups is 1. The molecule has 5 rings (SSSR count). The average molecular weight is 560 g/mol.